The fraction of sp³-hybridized carbons (Fsp3) is 0.429. The van der Waals surface area contributed by atoms with Crippen LogP contribution in [0.5, 0.6) is 0 Å². The van der Waals surface area contributed by atoms with E-state index in [2.05, 4.69) is 4.72 Å². The van der Waals surface area contributed by atoms with Gasteiger partial charge in [0, 0.05) is 12.2 Å². The largest absolute Gasteiger partial charge is 0.395 e. The molecule has 0 radical (unpaired) electrons. The molecule has 1 unspecified atom stereocenters. The third-order valence-corrected chi connectivity index (χ3v) is 3.30. The molecule has 0 saturated heterocycles. The zero-order valence-corrected chi connectivity index (χ0v) is 9.17. The maximum atomic E-state index is 11.6. The highest BCUT2D eigenvalue weighted by atomic mass is 32.2. The molecule has 1 aromatic heterocycles. The Morgan fingerprint density at radius 2 is 2.12 bits per heavy atom. The third-order valence-electron chi connectivity index (χ3n) is 1.70. The lowest BCUT2D eigenvalue weighted by atomic mass is 10.4. The molecule has 1 aromatic rings. The highest BCUT2D eigenvalue weighted by Crippen LogP contribution is 1.99. The highest BCUT2D eigenvalue weighted by molar-refractivity contribution is 7.89. The van der Waals surface area contributed by atoms with Crippen LogP contribution < -0.4 is 16.0 Å². The monoisotopic (exact) mass is 249 g/mol. The van der Waals surface area contributed by atoms with E-state index in [9.17, 15) is 18.0 Å². The van der Waals surface area contributed by atoms with Crippen molar-refractivity contribution in [2.75, 3.05) is 6.61 Å². The summed E-state index contributed by atoms with van der Waals surface area (Å²) in [6, 6.07) is -0.726. The van der Waals surface area contributed by atoms with Gasteiger partial charge in [0.15, 0.2) is 4.90 Å². The summed E-state index contributed by atoms with van der Waals surface area (Å²) in [6.45, 7) is 1.03. The van der Waals surface area contributed by atoms with Crippen molar-refractivity contribution in [3.8, 4) is 0 Å². The quantitative estimate of drug-likeness (QED) is 0.477. The lowest BCUT2D eigenvalue weighted by Crippen LogP contribution is -2.39. The van der Waals surface area contributed by atoms with Crippen LogP contribution in [0.15, 0.2) is 20.7 Å². The Hall–Kier alpha value is -1.45. The number of aromatic nitrogens is 2. The molecular weight excluding hydrogens is 238 g/mol. The lowest BCUT2D eigenvalue weighted by Gasteiger charge is -2.10. The fourth-order valence-corrected chi connectivity index (χ4v) is 2.20. The van der Waals surface area contributed by atoms with E-state index in [4.69, 9.17) is 5.11 Å². The average Bonchev–Trinajstić information content (AvgIpc) is 2.16. The second-order valence-electron chi connectivity index (χ2n) is 3.14. The molecule has 0 aliphatic heterocycles. The molecule has 0 bridgehead atoms. The molecule has 4 N–H and O–H groups in total. The van der Waals surface area contributed by atoms with Crippen molar-refractivity contribution in [3.63, 3.8) is 0 Å². The number of rotatable bonds is 4. The van der Waals surface area contributed by atoms with Crippen molar-refractivity contribution in [1.82, 2.24) is 14.7 Å². The van der Waals surface area contributed by atoms with Crippen LogP contribution in [0.2, 0.25) is 0 Å². The van der Waals surface area contributed by atoms with Crippen LogP contribution in [0, 0.1) is 0 Å². The van der Waals surface area contributed by atoms with Gasteiger partial charge in [0.2, 0.25) is 10.0 Å². The van der Waals surface area contributed by atoms with Gasteiger partial charge in [0.1, 0.15) is 0 Å². The van der Waals surface area contributed by atoms with Crippen LogP contribution in [0.1, 0.15) is 6.92 Å². The molecule has 0 aliphatic rings. The second kappa shape index (κ2) is 4.60. The van der Waals surface area contributed by atoms with Gasteiger partial charge in [-0.3, -0.25) is 9.78 Å². The van der Waals surface area contributed by atoms with E-state index < -0.39 is 38.8 Å². The average molecular weight is 249 g/mol. The molecule has 0 saturated carbocycles. The van der Waals surface area contributed by atoms with Gasteiger partial charge in [0.05, 0.1) is 6.61 Å². The lowest BCUT2D eigenvalue weighted by molar-refractivity contribution is 0.265. The fourth-order valence-electron chi connectivity index (χ4n) is 0.963. The van der Waals surface area contributed by atoms with E-state index in [1.54, 1.807) is 4.98 Å². The van der Waals surface area contributed by atoms with Gasteiger partial charge in [0.25, 0.3) is 5.56 Å². The summed E-state index contributed by atoms with van der Waals surface area (Å²) < 4.78 is 25.2. The minimum absolute atomic E-state index is 0.402. The van der Waals surface area contributed by atoms with Crippen molar-refractivity contribution >= 4 is 10.0 Å². The minimum Gasteiger partial charge on any atom is -0.395 e. The molecule has 16 heavy (non-hydrogen) atoms. The van der Waals surface area contributed by atoms with Crippen molar-refractivity contribution in [2.45, 2.75) is 17.9 Å². The molecular formula is C7H11N3O5S. The first-order chi connectivity index (χ1) is 7.36. The van der Waals surface area contributed by atoms with Crippen molar-refractivity contribution in [3.05, 3.63) is 27.0 Å². The van der Waals surface area contributed by atoms with Gasteiger partial charge in [-0.2, -0.15) is 0 Å². The van der Waals surface area contributed by atoms with Crippen LogP contribution in [-0.4, -0.2) is 36.1 Å². The molecule has 0 spiro atoms. The Bertz CT molecular complexity index is 572. The number of H-pyrrole nitrogens is 2. The molecule has 9 heteroatoms. The topological polar surface area (TPSA) is 132 Å². The molecule has 0 aliphatic carbocycles. The first-order valence-electron chi connectivity index (χ1n) is 4.32. The number of hydrogen-bond donors (Lipinski definition) is 4. The standard InChI is InChI=1S/C7H11N3O5S/c1-4(3-11)10-16(14,15)5-2-8-7(13)9-6(5)12/h2,4,10-11H,3H2,1H3,(H2,8,9,12,13). The zero-order valence-electron chi connectivity index (χ0n) is 8.35. The molecule has 8 nitrogen and oxygen atoms in total. The van der Waals surface area contributed by atoms with Crippen LogP contribution in [0.3, 0.4) is 0 Å². The number of aliphatic hydroxyl groups is 1. The Kier molecular flexibility index (Phi) is 3.62. The van der Waals surface area contributed by atoms with Gasteiger partial charge in [-0.15, -0.1) is 0 Å². The molecule has 0 amide bonds. The van der Waals surface area contributed by atoms with Crippen LogP contribution in [0.25, 0.3) is 0 Å². The summed E-state index contributed by atoms with van der Waals surface area (Å²) in [6.07, 6.45) is 0.799. The second-order valence-corrected chi connectivity index (χ2v) is 4.82. The Morgan fingerprint density at radius 3 is 2.62 bits per heavy atom. The SMILES string of the molecule is CC(CO)NS(=O)(=O)c1c[nH]c(=O)[nH]c1=O. The van der Waals surface area contributed by atoms with Gasteiger partial charge < -0.3 is 10.1 Å². The maximum absolute atomic E-state index is 11.6. The van der Waals surface area contributed by atoms with Gasteiger partial charge in [-0.25, -0.2) is 17.9 Å². The molecule has 1 heterocycles. The first-order valence-corrected chi connectivity index (χ1v) is 5.80. The molecule has 90 valence electrons. The first kappa shape index (κ1) is 12.6. The smallest absolute Gasteiger partial charge is 0.325 e. The number of hydrogen-bond acceptors (Lipinski definition) is 5. The summed E-state index contributed by atoms with van der Waals surface area (Å²) in [5.74, 6) is 0. The summed E-state index contributed by atoms with van der Waals surface area (Å²) in [5, 5.41) is 8.69. The minimum atomic E-state index is -4.04. The molecule has 1 atom stereocenters. The number of nitrogens with one attached hydrogen (secondary N) is 3. The van der Waals surface area contributed by atoms with Crippen LogP contribution in [-0.2, 0) is 10.0 Å². The highest BCUT2D eigenvalue weighted by Gasteiger charge is 2.20. The van der Waals surface area contributed by atoms with Gasteiger partial charge >= 0.3 is 5.69 Å². The number of aliphatic hydroxyl groups excluding tert-OH is 1. The van der Waals surface area contributed by atoms with E-state index in [1.165, 1.54) is 6.92 Å². The summed E-state index contributed by atoms with van der Waals surface area (Å²) in [4.78, 5) is 25.1. The zero-order chi connectivity index (χ0) is 12.3. The van der Waals surface area contributed by atoms with Crippen LogP contribution >= 0.6 is 0 Å². The molecule has 0 fully saturated rings. The van der Waals surface area contributed by atoms with Crippen LogP contribution in [0.4, 0.5) is 0 Å². The van der Waals surface area contributed by atoms with E-state index in [0.29, 0.717) is 0 Å². The Balaban J connectivity index is 3.18. The summed E-state index contributed by atoms with van der Waals surface area (Å²) in [5.41, 5.74) is -1.81. The van der Waals surface area contributed by atoms with E-state index in [1.807, 2.05) is 4.98 Å². The Labute approximate surface area is 90.4 Å². The molecule has 1 rings (SSSR count). The maximum Gasteiger partial charge on any atom is 0.325 e. The summed E-state index contributed by atoms with van der Waals surface area (Å²) in [7, 11) is -4.04. The summed E-state index contributed by atoms with van der Waals surface area (Å²) >= 11 is 0. The predicted octanol–water partition coefficient (Wildman–Crippen LogP) is -2.28. The van der Waals surface area contributed by atoms with Gasteiger partial charge in [-0.05, 0) is 6.92 Å². The van der Waals surface area contributed by atoms with Gasteiger partial charge in [-0.1, -0.05) is 0 Å². The van der Waals surface area contributed by atoms with Crippen molar-refractivity contribution < 1.29 is 13.5 Å². The van der Waals surface area contributed by atoms with E-state index >= 15 is 0 Å². The number of sulfonamides is 1. The number of aromatic amines is 2. The third kappa shape index (κ3) is 2.78. The van der Waals surface area contributed by atoms with Crippen molar-refractivity contribution in [2.24, 2.45) is 0 Å². The normalized spacial score (nSPS) is 13.6. The Morgan fingerprint density at radius 1 is 1.50 bits per heavy atom. The van der Waals surface area contributed by atoms with Crippen molar-refractivity contribution in [1.29, 1.82) is 0 Å². The van der Waals surface area contributed by atoms with E-state index in [-0.39, 0.29) is 0 Å². The molecule has 0 aromatic carbocycles. The predicted molar refractivity (Wildman–Crippen MR) is 54.6 cm³/mol. The van der Waals surface area contributed by atoms with E-state index in [0.717, 1.165) is 6.20 Å².